The van der Waals surface area contributed by atoms with Crippen molar-refractivity contribution in [2.45, 2.75) is 115 Å². The lowest BCUT2D eigenvalue weighted by atomic mass is 9.45. The Morgan fingerprint density at radius 3 is 1.78 bits per heavy atom. The Labute approximate surface area is 384 Å². The van der Waals surface area contributed by atoms with Crippen LogP contribution in [0.3, 0.4) is 0 Å². The van der Waals surface area contributed by atoms with Gasteiger partial charge in [-0.1, -0.05) is 50.2 Å². The normalized spacial score (nSPS) is 34.1. The van der Waals surface area contributed by atoms with Crippen molar-refractivity contribution in [3.05, 3.63) is 101 Å². The maximum absolute atomic E-state index is 14.8. The lowest BCUT2D eigenvalue weighted by Gasteiger charge is -2.67. The summed E-state index contributed by atoms with van der Waals surface area (Å²) in [6, 6.07) is 17.8. The molecular formula is C48H51NO18. The number of hydrogen-bond acceptors (Lipinski definition) is 19. The van der Waals surface area contributed by atoms with E-state index in [1.54, 1.807) is 31.2 Å². The molecule has 7 rings (SSSR count). The highest BCUT2D eigenvalue weighted by atomic mass is 16.7. The maximum atomic E-state index is 14.8. The highest BCUT2D eigenvalue weighted by molar-refractivity contribution is 5.92. The Bertz CT molecular complexity index is 2460. The molecular weight excluding hydrogens is 879 g/mol. The van der Waals surface area contributed by atoms with Gasteiger partial charge in [-0.3, -0.25) is 29.0 Å². The quantitative estimate of drug-likeness (QED) is 0.238. The average molecular weight is 930 g/mol. The fraction of sp³-hybridized carbons (Fsp3) is 0.479. The number of pyridine rings is 1. The second-order valence-corrected chi connectivity index (χ2v) is 17.7. The predicted octanol–water partition coefficient (Wildman–Crippen LogP) is 3.62. The van der Waals surface area contributed by atoms with Crippen LogP contribution in [0, 0.1) is 17.3 Å². The van der Waals surface area contributed by atoms with Crippen LogP contribution in [-0.4, -0.2) is 124 Å². The van der Waals surface area contributed by atoms with Gasteiger partial charge in [0.25, 0.3) is 0 Å². The number of hydrogen-bond donors (Lipinski definition) is 1. The Morgan fingerprint density at radius 2 is 1.22 bits per heavy atom. The molecule has 19 nitrogen and oxygen atoms in total. The number of aromatic nitrogens is 1. The molecule has 1 saturated heterocycles. The molecule has 19 heteroatoms. The van der Waals surface area contributed by atoms with Crippen LogP contribution in [0.5, 0.6) is 0 Å². The van der Waals surface area contributed by atoms with Gasteiger partial charge in [0, 0.05) is 39.8 Å². The second-order valence-electron chi connectivity index (χ2n) is 17.7. The minimum absolute atomic E-state index is 0.0377. The second kappa shape index (κ2) is 18.2. The Kier molecular flexibility index (Phi) is 13.1. The average Bonchev–Trinajstić information content (AvgIpc) is 3.51. The zero-order valence-corrected chi connectivity index (χ0v) is 38.0. The monoisotopic (exact) mass is 929 g/mol. The van der Waals surface area contributed by atoms with Crippen LogP contribution in [0.1, 0.15) is 98.1 Å². The van der Waals surface area contributed by atoms with Crippen molar-refractivity contribution in [2.24, 2.45) is 17.3 Å². The largest absolute Gasteiger partial charge is 0.465 e. The molecule has 0 amide bonds. The summed E-state index contributed by atoms with van der Waals surface area (Å²) in [4.78, 5) is 116. The van der Waals surface area contributed by atoms with E-state index >= 15 is 0 Å². The van der Waals surface area contributed by atoms with E-state index in [0.717, 1.165) is 34.6 Å². The van der Waals surface area contributed by atoms with Gasteiger partial charge < -0.3 is 47.7 Å². The topological polar surface area (TPSA) is 253 Å². The molecule has 4 aliphatic rings. The molecule has 5 unspecified atom stereocenters. The third kappa shape index (κ3) is 8.17. The number of nitrogens with zero attached hydrogens (tertiary/aromatic N) is 1. The van der Waals surface area contributed by atoms with E-state index in [1.807, 2.05) is 0 Å². The molecule has 2 saturated carbocycles. The molecule has 1 aromatic heterocycles. The minimum Gasteiger partial charge on any atom is -0.465 e. The molecule has 3 aromatic rings. The van der Waals surface area contributed by atoms with Gasteiger partial charge in [0.15, 0.2) is 30.0 Å². The van der Waals surface area contributed by atoms with Crippen LogP contribution >= 0.6 is 0 Å². The van der Waals surface area contributed by atoms with Gasteiger partial charge >= 0.3 is 47.8 Å². The third-order valence-corrected chi connectivity index (χ3v) is 13.3. The highest BCUT2D eigenvalue weighted by Gasteiger charge is 2.92. The zero-order valence-electron chi connectivity index (χ0n) is 38.0. The fourth-order valence-corrected chi connectivity index (χ4v) is 10.4. The van der Waals surface area contributed by atoms with Gasteiger partial charge in [-0.25, -0.2) is 14.4 Å². The van der Waals surface area contributed by atoms with Gasteiger partial charge in [-0.2, -0.15) is 0 Å². The summed E-state index contributed by atoms with van der Waals surface area (Å²) in [6.07, 6.45) is -11.1. The number of fused-ring (bicyclic) bond motifs is 5. The molecule has 1 spiro atoms. The van der Waals surface area contributed by atoms with Crippen molar-refractivity contribution in [3.8, 4) is 0 Å². The highest BCUT2D eigenvalue weighted by Crippen LogP contribution is 2.70. The number of ether oxygens (including phenoxy) is 9. The van der Waals surface area contributed by atoms with Crippen molar-refractivity contribution < 1.29 is 86.1 Å². The number of aliphatic hydroxyl groups is 1. The van der Waals surface area contributed by atoms with Gasteiger partial charge in [-0.15, -0.1) is 0 Å². The molecule has 67 heavy (non-hydrogen) atoms. The first-order chi connectivity index (χ1) is 31.6. The Balaban J connectivity index is 1.65. The summed E-state index contributed by atoms with van der Waals surface area (Å²) in [5.41, 5.74) is -10.7. The number of carbonyl (C=O) groups is 8. The van der Waals surface area contributed by atoms with E-state index in [2.05, 4.69) is 4.98 Å². The predicted molar refractivity (Wildman–Crippen MR) is 225 cm³/mol. The van der Waals surface area contributed by atoms with Gasteiger partial charge in [0.1, 0.15) is 42.0 Å². The van der Waals surface area contributed by atoms with Crippen LogP contribution < -0.4 is 0 Å². The fourth-order valence-electron chi connectivity index (χ4n) is 10.4. The molecule has 2 aliphatic heterocycles. The Morgan fingerprint density at radius 1 is 0.687 bits per heavy atom. The molecule has 0 radical (unpaired) electrons. The van der Waals surface area contributed by atoms with E-state index in [4.69, 9.17) is 42.6 Å². The summed E-state index contributed by atoms with van der Waals surface area (Å²) >= 11 is 0. The first kappa shape index (κ1) is 48.2. The molecule has 3 heterocycles. The maximum Gasteiger partial charge on any atom is 0.340 e. The molecule has 2 aromatic carbocycles. The van der Waals surface area contributed by atoms with E-state index < -0.39 is 138 Å². The third-order valence-electron chi connectivity index (χ3n) is 13.3. The molecule has 1 N–H and O–H groups in total. The summed E-state index contributed by atoms with van der Waals surface area (Å²) < 4.78 is 56.6. The van der Waals surface area contributed by atoms with Crippen LogP contribution in [0.2, 0.25) is 0 Å². The SMILES string of the molecule is CC(=O)OC[C@]12[C@H](OC(C)=O)[C@H](OC(C)=O)C3[C@@H](OC(=O)c4ccccc4)[C@@]14O[C@@]3(C)COC(=O)c1cccnc1C(C)C(C)C(=O)OC([C@H](OC(C)=O)[C@@H]2OC(=O)c1ccccc1)C4(C)O. The smallest absolute Gasteiger partial charge is 0.340 e. The summed E-state index contributed by atoms with van der Waals surface area (Å²) in [7, 11) is 0. The number of carbonyl (C=O) groups excluding carboxylic acids is 8. The van der Waals surface area contributed by atoms with E-state index in [1.165, 1.54) is 68.6 Å². The summed E-state index contributed by atoms with van der Waals surface area (Å²) in [5, 5.41) is 13.9. The minimum atomic E-state index is -2.91. The van der Waals surface area contributed by atoms with Gasteiger partial charge in [0.2, 0.25) is 0 Å². The molecule has 356 valence electrons. The van der Waals surface area contributed by atoms with E-state index in [9.17, 15) is 43.5 Å². The van der Waals surface area contributed by atoms with Crippen molar-refractivity contribution in [1.82, 2.24) is 4.98 Å². The number of benzene rings is 2. The first-order valence-electron chi connectivity index (χ1n) is 21.5. The number of cyclic esters (lactones) is 1. The molecule has 3 fully saturated rings. The number of rotatable bonds is 9. The van der Waals surface area contributed by atoms with Gasteiger partial charge in [0.05, 0.1) is 34.2 Å². The molecule has 2 aliphatic carbocycles. The van der Waals surface area contributed by atoms with E-state index in [0.29, 0.717) is 0 Å². The van der Waals surface area contributed by atoms with Crippen molar-refractivity contribution in [3.63, 3.8) is 0 Å². The zero-order chi connectivity index (χ0) is 48.8. The van der Waals surface area contributed by atoms with Crippen LogP contribution in [0.25, 0.3) is 0 Å². The Hall–Kier alpha value is -6.73. The molecule has 13 atom stereocenters. The van der Waals surface area contributed by atoms with E-state index in [-0.39, 0.29) is 22.4 Å². The van der Waals surface area contributed by atoms with Crippen LogP contribution in [-0.2, 0) is 66.6 Å². The lowest BCUT2D eigenvalue weighted by molar-refractivity contribution is -0.385. The van der Waals surface area contributed by atoms with Crippen molar-refractivity contribution >= 4 is 47.8 Å². The van der Waals surface area contributed by atoms with Crippen LogP contribution in [0.15, 0.2) is 79.0 Å². The summed E-state index contributed by atoms with van der Waals surface area (Å²) in [6.45, 7) is 7.66. The standard InChI is InChI=1S/C48H51NO18/c1-24-25(2)41(54)65-38-36(62-28(5)52)40(66-43(56)31-18-13-10-14-19-31)47(23-59-26(3)50)39(63-29(6)53)35(61-27(4)51)33-37(64-42(55)30-16-11-9-12-17-30)48(47,46(38,8)58)67-45(33,7)22-60-44(57)32-20-15-21-49-34(24)32/h9-21,24-25,33,35-40,58H,22-23H2,1-8H3/t24?,25?,33?,35-,36+,37-,38?,39-,40+,45+,46?,47-,48+/m1/s1. The number of esters is 8. The van der Waals surface area contributed by atoms with Gasteiger partial charge in [-0.05, 0) is 50.2 Å². The van der Waals surface area contributed by atoms with Crippen molar-refractivity contribution in [1.29, 1.82) is 0 Å². The van der Waals surface area contributed by atoms with Crippen LogP contribution in [0.4, 0.5) is 0 Å². The summed E-state index contributed by atoms with van der Waals surface area (Å²) in [5.74, 6) is -12.1. The lowest BCUT2D eigenvalue weighted by Crippen LogP contribution is -2.89. The van der Waals surface area contributed by atoms with Crippen molar-refractivity contribution in [2.75, 3.05) is 13.2 Å². The molecule has 4 bridgehead atoms. The first-order valence-corrected chi connectivity index (χ1v) is 21.5.